The first-order chi connectivity index (χ1) is 14.6. The molecule has 3 rings (SSSR count). The Labute approximate surface area is 191 Å². The van der Waals surface area contributed by atoms with Crippen LogP contribution in [0.4, 0.5) is 5.13 Å². The number of nitrogen functional groups attached to an aromatic ring is 1. The fraction of sp³-hybridized carbons (Fsp3) is 0.350. The van der Waals surface area contributed by atoms with Crippen molar-refractivity contribution in [3.05, 3.63) is 35.3 Å². The third kappa shape index (κ3) is 6.49. The van der Waals surface area contributed by atoms with Gasteiger partial charge in [-0.05, 0) is 51.6 Å². The van der Waals surface area contributed by atoms with E-state index in [-0.39, 0.29) is 17.4 Å². The van der Waals surface area contributed by atoms with Crippen LogP contribution in [0, 0.1) is 5.92 Å². The fourth-order valence-electron chi connectivity index (χ4n) is 2.29. The molecule has 0 aliphatic rings. The van der Waals surface area contributed by atoms with Crippen LogP contribution in [-0.2, 0) is 19.2 Å². The molecule has 1 aromatic carbocycles. The van der Waals surface area contributed by atoms with Crippen LogP contribution < -0.4 is 5.73 Å². The Balaban J connectivity index is 1.73. The molecule has 1 unspecified atom stereocenters. The fourth-order valence-corrected chi connectivity index (χ4v) is 4.74. The van der Waals surface area contributed by atoms with E-state index >= 15 is 0 Å². The minimum Gasteiger partial charge on any atom is -0.460 e. The molecular weight excluding hydrogens is 456 g/mol. The summed E-state index contributed by atoms with van der Waals surface area (Å²) in [7, 11) is 0. The number of hydrogen-bond donors (Lipinski definition) is 1. The molecule has 1 atom stereocenters. The van der Waals surface area contributed by atoms with Crippen molar-refractivity contribution in [2.45, 2.75) is 37.6 Å². The molecule has 8 nitrogen and oxygen atoms in total. The van der Waals surface area contributed by atoms with Gasteiger partial charge in [0.25, 0.3) is 0 Å². The lowest BCUT2D eigenvalue weighted by molar-refractivity contribution is -0.161. The second-order valence-corrected chi connectivity index (χ2v) is 10.7. The Hall–Kier alpha value is -2.50. The first kappa shape index (κ1) is 23.2. The molecule has 11 heteroatoms. The third-order valence-corrected chi connectivity index (χ3v) is 6.35. The molecule has 0 saturated carbocycles. The van der Waals surface area contributed by atoms with Gasteiger partial charge in [0.05, 0.1) is 16.1 Å². The number of rotatable bonds is 7. The molecule has 0 bridgehead atoms. The number of thiazole rings is 2. The van der Waals surface area contributed by atoms with Crippen molar-refractivity contribution >= 4 is 66.6 Å². The summed E-state index contributed by atoms with van der Waals surface area (Å²) >= 11 is 3.55. The number of esters is 1. The number of nitrogens with two attached hydrogens (primary N) is 1. The van der Waals surface area contributed by atoms with Crippen molar-refractivity contribution in [3.8, 4) is 0 Å². The Morgan fingerprint density at radius 1 is 1.26 bits per heavy atom. The molecule has 31 heavy (non-hydrogen) atoms. The number of aromatic nitrogens is 2. The molecule has 164 valence electrons. The minimum absolute atomic E-state index is 0.00796. The number of para-hydroxylation sites is 1. The van der Waals surface area contributed by atoms with E-state index < -0.39 is 17.5 Å². The number of thioether (sulfide) groups is 1. The number of carbonyl (C=O) groups excluding carboxylic acids is 2. The Kier molecular flexibility index (Phi) is 7.29. The highest BCUT2D eigenvalue weighted by atomic mass is 32.2. The van der Waals surface area contributed by atoms with Crippen LogP contribution in [0.1, 0.15) is 33.4 Å². The second-order valence-electron chi connectivity index (χ2n) is 7.58. The predicted molar refractivity (Wildman–Crippen MR) is 125 cm³/mol. The third-order valence-electron chi connectivity index (χ3n) is 3.70. The van der Waals surface area contributed by atoms with Gasteiger partial charge in [-0.3, -0.25) is 9.59 Å². The first-order valence-corrected chi connectivity index (χ1v) is 11.9. The highest BCUT2D eigenvalue weighted by Crippen LogP contribution is 2.30. The van der Waals surface area contributed by atoms with Gasteiger partial charge in [-0.15, -0.1) is 22.7 Å². The number of oxime groups is 1. The van der Waals surface area contributed by atoms with E-state index in [1.165, 1.54) is 22.7 Å². The van der Waals surface area contributed by atoms with Gasteiger partial charge in [0, 0.05) is 5.38 Å². The largest absolute Gasteiger partial charge is 0.460 e. The van der Waals surface area contributed by atoms with Crippen LogP contribution in [-0.4, -0.2) is 39.0 Å². The number of nitrogens with zero attached hydrogens (tertiary/aromatic N) is 3. The normalized spacial score (nSPS) is 13.2. The highest BCUT2D eigenvalue weighted by Gasteiger charge is 2.24. The van der Waals surface area contributed by atoms with Gasteiger partial charge in [0.1, 0.15) is 17.9 Å². The van der Waals surface area contributed by atoms with Crippen molar-refractivity contribution in [2.24, 2.45) is 11.1 Å². The molecular formula is C20H22N4O4S3. The number of ether oxygens (including phenoxy) is 1. The Morgan fingerprint density at radius 3 is 2.65 bits per heavy atom. The smallest absolute Gasteiger partial charge is 0.312 e. The lowest BCUT2D eigenvalue weighted by Crippen LogP contribution is -2.29. The zero-order valence-electron chi connectivity index (χ0n) is 17.4. The topological polar surface area (TPSA) is 117 Å². The van der Waals surface area contributed by atoms with Gasteiger partial charge >= 0.3 is 5.97 Å². The Bertz CT molecular complexity index is 1080. The molecule has 3 aromatic rings. The number of fused-ring (bicyclic) bond motifs is 1. The van der Waals surface area contributed by atoms with E-state index in [1.54, 1.807) is 33.1 Å². The van der Waals surface area contributed by atoms with E-state index in [1.807, 2.05) is 24.3 Å². The maximum absolute atomic E-state index is 12.9. The summed E-state index contributed by atoms with van der Waals surface area (Å²) in [6.07, 6.45) is 0. The SMILES string of the molecule is CC(CON=C(C(=O)Sc1nc2ccccc2s1)c1csc(N)n1)C(=O)OC(C)(C)C. The van der Waals surface area contributed by atoms with E-state index in [4.69, 9.17) is 15.3 Å². The highest BCUT2D eigenvalue weighted by molar-refractivity contribution is 8.16. The average Bonchev–Trinajstić information content (AvgIpc) is 3.28. The van der Waals surface area contributed by atoms with E-state index in [2.05, 4.69) is 15.1 Å². The van der Waals surface area contributed by atoms with Crippen molar-refractivity contribution in [1.82, 2.24) is 9.97 Å². The molecule has 0 fully saturated rings. The van der Waals surface area contributed by atoms with Gasteiger partial charge in [0.2, 0.25) is 5.12 Å². The van der Waals surface area contributed by atoms with E-state index in [0.717, 1.165) is 22.0 Å². The summed E-state index contributed by atoms with van der Waals surface area (Å²) in [5.41, 5.74) is 6.26. The van der Waals surface area contributed by atoms with Gasteiger partial charge in [-0.2, -0.15) is 0 Å². The molecule has 0 amide bonds. The molecule has 0 radical (unpaired) electrons. The number of hydrogen-bond acceptors (Lipinski definition) is 11. The lowest BCUT2D eigenvalue weighted by Gasteiger charge is -2.21. The molecule has 0 aliphatic carbocycles. The van der Waals surface area contributed by atoms with Gasteiger partial charge in [0.15, 0.2) is 15.2 Å². The van der Waals surface area contributed by atoms with Crippen LogP contribution in [0.25, 0.3) is 10.2 Å². The number of carbonyl (C=O) groups is 2. The second kappa shape index (κ2) is 9.75. The van der Waals surface area contributed by atoms with Crippen molar-refractivity contribution in [3.63, 3.8) is 0 Å². The van der Waals surface area contributed by atoms with Crippen LogP contribution in [0.2, 0.25) is 0 Å². The summed E-state index contributed by atoms with van der Waals surface area (Å²) in [5, 5.41) is 5.54. The maximum atomic E-state index is 12.9. The van der Waals surface area contributed by atoms with Crippen LogP contribution in [0.5, 0.6) is 0 Å². The van der Waals surface area contributed by atoms with Crippen molar-refractivity contribution in [1.29, 1.82) is 0 Å². The standard InChI is InChI=1S/C20H22N4O4S3/c1-11(16(25)28-20(2,3)4)9-27-24-15(13-10-29-18(21)22-13)17(26)31-19-23-12-7-5-6-8-14(12)30-19/h5-8,10-11H,9H2,1-4H3,(H2,21,22). The monoisotopic (exact) mass is 478 g/mol. The zero-order valence-corrected chi connectivity index (χ0v) is 19.9. The molecule has 2 aromatic heterocycles. The maximum Gasteiger partial charge on any atom is 0.312 e. The van der Waals surface area contributed by atoms with Gasteiger partial charge < -0.3 is 15.3 Å². The van der Waals surface area contributed by atoms with E-state index in [0.29, 0.717) is 15.2 Å². The number of anilines is 1. The molecule has 0 aliphatic heterocycles. The summed E-state index contributed by atoms with van der Waals surface area (Å²) in [5.74, 6) is -0.964. The molecule has 2 heterocycles. The molecule has 2 N–H and O–H groups in total. The Morgan fingerprint density at radius 2 is 2.00 bits per heavy atom. The van der Waals surface area contributed by atoms with Crippen LogP contribution in [0.15, 0.2) is 39.1 Å². The first-order valence-electron chi connectivity index (χ1n) is 9.34. The van der Waals surface area contributed by atoms with Gasteiger partial charge in [-0.25, -0.2) is 9.97 Å². The summed E-state index contributed by atoms with van der Waals surface area (Å²) < 4.78 is 6.90. The van der Waals surface area contributed by atoms with Crippen LogP contribution in [0.3, 0.4) is 0 Å². The minimum atomic E-state index is -0.595. The average molecular weight is 479 g/mol. The van der Waals surface area contributed by atoms with Crippen LogP contribution >= 0.6 is 34.4 Å². The number of benzene rings is 1. The summed E-state index contributed by atoms with van der Waals surface area (Å²) in [6.45, 7) is 7.00. The summed E-state index contributed by atoms with van der Waals surface area (Å²) in [6, 6.07) is 7.64. The molecule has 0 spiro atoms. The zero-order chi connectivity index (χ0) is 22.6. The quantitative estimate of drug-likeness (QED) is 0.230. The lowest BCUT2D eigenvalue weighted by atomic mass is 10.1. The van der Waals surface area contributed by atoms with E-state index in [9.17, 15) is 9.59 Å². The molecule has 0 saturated heterocycles. The predicted octanol–water partition coefficient (Wildman–Crippen LogP) is 4.35. The van der Waals surface area contributed by atoms with Gasteiger partial charge in [-0.1, -0.05) is 17.3 Å². The van der Waals surface area contributed by atoms with Crippen molar-refractivity contribution in [2.75, 3.05) is 12.3 Å². The van der Waals surface area contributed by atoms with Crippen molar-refractivity contribution < 1.29 is 19.2 Å². The summed E-state index contributed by atoms with van der Waals surface area (Å²) in [4.78, 5) is 39.0.